The van der Waals surface area contributed by atoms with E-state index in [1.165, 1.54) is 34.9 Å². The summed E-state index contributed by atoms with van der Waals surface area (Å²) in [5, 5.41) is 14.7. The lowest BCUT2D eigenvalue weighted by Gasteiger charge is -2.47. The molecule has 0 aliphatic heterocycles. The third kappa shape index (κ3) is 9.50. The summed E-state index contributed by atoms with van der Waals surface area (Å²) in [5.41, 5.74) is 5.36. The molecule has 2 N–H and O–H groups in total. The number of anilines is 1. The molecular formula is C49H61ClFN3O4. The molecule has 0 bridgehead atoms. The number of carboxylic acid groups (broad SMARTS) is 1. The molecule has 4 aromatic rings. The third-order valence-electron chi connectivity index (χ3n) is 13.5. The number of nitrogens with zero attached hydrogens (tertiary/aromatic N) is 2. The molecule has 58 heavy (non-hydrogen) atoms. The van der Waals surface area contributed by atoms with E-state index in [0.717, 1.165) is 87.2 Å². The number of fused-ring (bicyclic) bond motifs is 3. The van der Waals surface area contributed by atoms with Crippen molar-refractivity contribution in [2.75, 3.05) is 32.1 Å². The summed E-state index contributed by atoms with van der Waals surface area (Å²) in [6.07, 6.45) is 12.3. The predicted molar refractivity (Wildman–Crippen MR) is 231 cm³/mol. The van der Waals surface area contributed by atoms with Gasteiger partial charge in [-0.05, 0) is 180 Å². The molecular weight excluding hydrogens is 749 g/mol. The lowest BCUT2D eigenvalue weighted by atomic mass is 9.59. The molecule has 9 heteroatoms. The minimum absolute atomic E-state index is 0.0258. The number of aliphatic carboxylic acids is 1. The van der Waals surface area contributed by atoms with Crippen LogP contribution in [0.4, 0.5) is 10.1 Å². The van der Waals surface area contributed by atoms with Crippen molar-refractivity contribution in [3.8, 4) is 11.5 Å². The highest BCUT2D eigenvalue weighted by Gasteiger charge is 2.54. The Labute approximate surface area is 349 Å². The zero-order valence-electron chi connectivity index (χ0n) is 34.7. The van der Waals surface area contributed by atoms with E-state index in [1.807, 2.05) is 36.5 Å². The summed E-state index contributed by atoms with van der Waals surface area (Å²) in [6, 6.07) is 23.1. The molecule has 1 aromatic heterocycles. The first-order valence-corrected chi connectivity index (χ1v) is 21.9. The number of carboxylic acids is 1. The highest BCUT2D eigenvalue weighted by atomic mass is 35.5. The summed E-state index contributed by atoms with van der Waals surface area (Å²) in [7, 11) is 2.09. The lowest BCUT2D eigenvalue weighted by molar-refractivity contribution is -0.144. The Hall–Kier alpha value is -4.14. The zero-order valence-corrected chi connectivity index (χ0v) is 35.5. The highest BCUT2D eigenvalue weighted by molar-refractivity contribution is 6.30. The fourth-order valence-corrected chi connectivity index (χ4v) is 10.4. The predicted octanol–water partition coefficient (Wildman–Crippen LogP) is 11.1. The van der Waals surface area contributed by atoms with Crippen molar-refractivity contribution in [1.29, 1.82) is 0 Å². The van der Waals surface area contributed by atoms with Gasteiger partial charge in [0.05, 0.1) is 12.7 Å². The maximum atomic E-state index is 14.1. The van der Waals surface area contributed by atoms with Gasteiger partial charge in [0.15, 0.2) is 0 Å². The van der Waals surface area contributed by atoms with E-state index < -0.39 is 11.5 Å². The first-order valence-electron chi connectivity index (χ1n) is 21.5. The number of benzene rings is 3. The van der Waals surface area contributed by atoms with Gasteiger partial charge in [-0.3, -0.25) is 4.98 Å². The van der Waals surface area contributed by atoms with Gasteiger partial charge in [0.25, 0.3) is 0 Å². The van der Waals surface area contributed by atoms with Gasteiger partial charge >= 0.3 is 5.97 Å². The number of aryl methyl sites for hydroxylation is 1. The van der Waals surface area contributed by atoms with E-state index in [0.29, 0.717) is 48.6 Å². The Balaban J connectivity index is 1.04. The second-order valence-electron chi connectivity index (χ2n) is 17.7. The van der Waals surface area contributed by atoms with Crippen molar-refractivity contribution in [2.45, 2.75) is 121 Å². The highest BCUT2D eigenvalue weighted by Crippen LogP contribution is 2.57. The fraction of sp³-hybridized carbons (Fsp3) is 0.510. The van der Waals surface area contributed by atoms with Gasteiger partial charge < -0.3 is 24.8 Å². The van der Waals surface area contributed by atoms with Crippen LogP contribution in [0, 0.1) is 17.7 Å². The largest absolute Gasteiger partial charge is 0.493 e. The summed E-state index contributed by atoms with van der Waals surface area (Å²) in [6.45, 7) is 9.07. The number of nitrogens with one attached hydrogen (secondary N) is 1. The number of hydrogen-bond donors (Lipinski definition) is 2. The minimum Gasteiger partial charge on any atom is -0.493 e. The number of rotatable bonds is 17. The Morgan fingerprint density at radius 3 is 2.64 bits per heavy atom. The molecule has 3 aromatic carbocycles. The summed E-state index contributed by atoms with van der Waals surface area (Å²) >= 11 is 6.32. The second kappa shape index (κ2) is 18.4. The van der Waals surface area contributed by atoms with Crippen molar-refractivity contribution in [1.82, 2.24) is 9.88 Å². The van der Waals surface area contributed by atoms with Gasteiger partial charge in [-0.25, -0.2) is 9.18 Å². The molecule has 0 radical (unpaired) electrons. The molecule has 1 spiro atoms. The number of hydrogen-bond acceptors (Lipinski definition) is 6. The lowest BCUT2D eigenvalue weighted by Crippen LogP contribution is -2.53. The van der Waals surface area contributed by atoms with Crippen molar-refractivity contribution in [3.63, 3.8) is 0 Å². The molecule has 3 aliphatic rings. The fourth-order valence-electron chi connectivity index (χ4n) is 10.2. The van der Waals surface area contributed by atoms with E-state index in [-0.39, 0.29) is 17.3 Å². The van der Waals surface area contributed by atoms with Crippen LogP contribution in [0.25, 0.3) is 0 Å². The average Bonchev–Trinajstić information content (AvgIpc) is 3.48. The summed E-state index contributed by atoms with van der Waals surface area (Å²) in [5.74, 6) is 1.99. The van der Waals surface area contributed by atoms with Crippen LogP contribution in [0.1, 0.15) is 112 Å². The van der Waals surface area contributed by atoms with Crippen LogP contribution in [0.2, 0.25) is 5.02 Å². The minimum atomic E-state index is -1.08. The normalized spacial score (nSPS) is 23.6. The molecule has 1 heterocycles. The van der Waals surface area contributed by atoms with Crippen LogP contribution >= 0.6 is 11.6 Å². The molecule has 3 aliphatic carbocycles. The van der Waals surface area contributed by atoms with Crippen LogP contribution in [-0.2, 0) is 29.5 Å². The van der Waals surface area contributed by atoms with Crippen LogP contribution in [0.15, 0.2) is 79.0 Å². The maximum absolute atomic E-state index is 14.1. The Morgan fingerprint density at radius 1 is 1.05 bits per heavy atom. The third-order valence-corrected chi connectivity index (χ3v) is 13.7. The summed E-state index contributed by atoms with van der Waals surface area (Å²) < 4.78 is 27.3. The number of pyridine rings is 1. The topological polar surface area (TPSA) is 83.9 Å². The molecule has 1 saturated carbocycles. The van der Waals surface area contributed by atoms with Crippen LogP contribution in [0.3, 0.4) is 0 Å². The maximum Gasteiger partial charge on any atom is 0.329 e. The first-order chi connectivity index (χ1) is 27.9. The van der Waals surface area contributed by atoms with Gasteiger partial charge in [-0.1, -0.05) is 55.8 Å². The molecule has 7 rings (SSSR count). The molecule has 7 nitrogen and oxygen atoms in total. The van der Waals surface area contributed by atoms with Crippen molar-refractivity contribution in [3.05, 3.63) is 118 Å². The number of halogens is 2. The van der Waals surface area contributed by atoms with Gasteiger partial charge in [-0.2, -0.15) is 0 Å². The number of carbonyl (C=O) groups is 1. The van der Waals surface area contributed by atoms with E-state index in [1.54, 1.807) is 18.2 Å². The molecule has 0 amide bonds. The smallest absolute Gasteiger partial charge is 0.329 e. The number of aromatic nitrogens is 1. The first kappa shape index (κ1) is 42.0. The van der Waals surface area contributed by atoms with Gasteiger partial charge in [0, 0.05) is 34.7 Å². The van der Waals surface area contributed by atoms with Crippen LogP contribution in [-0.4, -0.2) is 59.3 Å². The van der Waals surface area contributed by atoms with Crippen molar-refractivity contribution < 1.29 is 23.8 Å². The van der Waals surface area contributed by atoms with Gasteiger partial charge in [0.2, 0.25) is 0 Å². The van der Waals surface area contributed by atoms with E-state index in [9.17, 15) is 14.3 Å². The molecule has 1 fully saturated rings. The van der Waals surface area contributed by atoms with Gasteiger partial charge in [-0.15, -0.1) is 0 Å². The molecule has 2 unspecified atom stereocenters. The van der Waals surface area contributed by atoms with Crippen LogP contribution < -0.4 is 14.8 Å². The summed E-state index contributed by atoms with van der Waals surface area (Å²) in [4.78, 5) is 20.0. The van der Waals surface area contributed by atoms with Crippen molar-refractivity contribution in [2.24, 2.45) is 11.8 Å². The van der Waals surface area contributed by atoms with Crippen molar-refractivity contribution >= 4 is 23.3 Å². The Morgan fingerprint density at radius 2 is 1.86 bits per heavy atom. The van der Waals surface area contributed by atoms with E-state index in [2.05, 4.69) is 61.2 Å². The molecule has 4 atom stereocenters. The quantitative estimate of drug-likeness (QED) is 0.110. The van der Waals surface area contributed by atoms with E-state index in [4.69, 9.17) is 21.1 Å². The number of ether oxygens (including phenoxy) is 2. The number of likely N-dealkylation sites (N-methyl/N-ethyl adjacent to an activating group) is 1. The Kier molecular flexibility index (Phi) is 13.3. The zero-order chi connectivity index (χ0) is 40.9. The molecule has 0 saturated heterocycles. The average molecular weight is 810 g/mol. The Bertz CT molecular complexity index is 2030. The SMILES string of the molecule is CC(CCCN(C)CCc1ccccc1F)Oc1ccc2c(c1)C1(CCC(Nc3cccc(Cl)c3)(C(=O)O)CC1)C(C[C@@H](C)COc1ccnc3c1[C@H](C)CCC3)C2. The monoisotopic (exact) mass is 809 g/mol. The van der Waals surface area contributed by atoms with Crippen LogP contribution in [0.5, 0.6) is 11.5 Å². The van der Waals surface area contributed by atoms with E-state index >= 15 is 0 Å². The molecule has 310 valence electrons. The second-order valence-corrected chi connectivity index (χ2v) is 18.2. The van der Waals surface area contributed by atoms with Gasteiger partial charge in [0.1, 0.15) is 22.9 Å². The standard InChI is InChI=1S/C49H61ClFN3O4/c1-33(32-57-45-19-25-52-44-16-7-10-34(2)46(44)45)28-38-29-37-17-18-41(58-35(3)11-9-26-54(4)27-20-36-12-5-6-15-43(36)51)31-42(37)48(38)21-23-49(24-22-48,47(55)56)53-40-14-8-13-39(50)30-40/h5-6,8,12-15,17-19,25,30-31,33-35,38,53H,7,9-11,16,20-24,26-29,32H2,1-4H3,(H,55,56)/t33-,34-,35?,38?,48?,49?/m1/s1.